The number of halogens is 1. The summed E-state index contributed by atoms with van der Waals surface area (Å²) in [5.74, 6) is -0.331. The lowest BCUT2D eigenvalue weighted by molar-refractivity contribution is -0.384. The smallest absolute Gasteiger partial charge is 0.278 e. The van der Waals surface area contributed by atoms with E-state index in [2.05, 4.69) is 10.3 Å². The third kappa shape index (κ3) is 2.82. The van der Waals surface area contributed by atoms with Crippen molar-refractivity contribution in [3.63, 3.8) is 0 Å². The van der Waals surface area contributed by atoms with Gasteiger partial charge in [0.05, 0.1) is 17.1 Å². The lowest BCUT2D eigenvalue weighted by Crippen LogP contribution is -1.99. The maximum Gasteiger partial charge on any atom is 0.278 e. The molecule has 0 bridgehead atoms. The molecule has 1 N–H and O–H groups in total. The maximum absolute atomic E-state index is 13.8. The number of nitro groups is 1. The van der Waals surface area contributed by atoms with E-state index in [4.69, 9.17) is 4.74 Å². The minimum atomic E-state index is -0.567. The first kappa shape index (κ1) is 13.7. The van der Waals surface area contributed by atoms with Crippen LogP contribution in [0.3, 0.4) is 0 Å². The third-order valence-corrected chi connectivity index (χ3v) is 2.62. The molecule has 20 heavy (non-hydrogen) atoms. The van der Waals surface area contributed by atoms with Gasteiger partial charge in [-0.3, -0.25) is 10.1 Å². The van der Waals surface area contributed by atoms with Crippen LogP contribution in [0.5, 0.6) is 11.6 Å². The van der Waals surface area contributed by atoms with E-state index in [0.29, 0.717) is 5.56 Å². The Labute approximate surface area is 114 Å². The second-order valence-corrected chi connectivity index (χ2v) is 4.05. The summed E-state index contributed by atoms with van der Waals surface area (Å²) in [6.07, 6.45) is 0. The predicted octanol–water partition coefficient (Wildman–Crippen LogP) is 3.27. The van der Waals surface area contributed by atoms with Crippen LogP contribution in [0.25, 0.3) is 0 Å². The molecule has 1 aromatic carbocycles. The van der Waals surface area contributed by atoms with Gasteiger partial charge in [0.15, 0.2) is 11.6 Å². The van der Waals surface area contributed by atoms with E-state index in [1.807, 2.05) is 0 Å². The molecule has 6 nitrogen and oxygen atoms in total. The molecule has 0 atom stereocenters. The average molecular weight is 277 g/mol. The highest BCUT2D eigenvalue weighted by Crippen LogP contribution is 2.28. The van der Waals surface area contributed by atoms with Crippen LogP contribution in [-0.4, -0.2) is 17.0 Å². The van der Waals surface area contributed by atoms with Gasteiger partial charge in [-0.05, 0) is 18.6 Å². The fourth-order valence-corrected chi connectivity index (χ4v) is 1.59. The zero-order chi connectivity index (χ0) is 14.7. The minimum absolute atomic E-state index is 0.0277. The van der Waals surface area contributed by atoms with Crippen molar-refractivity contribution in [3.8, 4) is 11.6 Å². The Morgan fingerprint density at radius 2 is 2.15 bits per heavy atom. The van der Waals surface area contributed by atoms with Crippen LogP contribution in [0, 0.1) is 22.9 Å². The topological polar surface area (TPSA) is 77.3 Å². The van der Waals surface area contributed by atoms with Crippen molar-refractivity contribution in [2.24, 2.45) is 0 Å². The highest BCUT2D eigenvalue weighted by molar-refractivity contribution is 5.48. The van der Waals surface area contributed by atoms with Gasteiger partial charge in [-0.15, -0.1) is 0 Å². The molecule has 2 aromatic rings. The molecule has 0 unspecified atom stereocenters. The molecule has 0 aliphatic carbocycles. The first-order valence-corrected chi connectivity index (χ1v) is 5.78. The van der Waals surface area contributed by atoms with E-state index in [0.717, 1.165) is 6.07 Å². The van der Waals surface area contributed by atoms with E-state index in [-0.39, 0.29) is 23.1 Å². The SMILES string of the molecule is CNc1cc([N+](=O)[O-])cc(Oc2cccc(C)c2F)n1. The van der Waals surface area contributed by atoms with Gasteiger partial charge in [-0.2, -0.15) is 4.98 Å². The first-order valence-electron chi connectivity index (χ1n) is 5.78. The molecule has 2 rings (SSSR count). The Bertz CT molecular complexity index is 661. The summed E-state index contributed by atoms with van der Waals surface area (Å²) in [7, 11) is 1.57. The van der Waals surface area contributed by atoms with Crippen LogP contribution in [0.1, 0.15) is 5.56 Å². The number of aryl methyl sites for hydroxylation is 1. The molecule has 1 aromatic heterocycles. The zero-order valence-electron chi connectivity index (χ0n) is 10.9. The van der Waals surface area contributed by atoms with Gasteiger partial charge in [0.25, 0.3) is 5.69 Å². The van der Waals surface area contributed by atoms with Crippen molar-refractivity contribution < 1.29 is 14.1 Å². The fourth-order valence-electron chi connectivity index (χ4n) is 1.59. The predicted molar refractivity (Wildman–Crippen MR) is 71.6 cm³/mol. The molecule has 0 aliphatic heterocycles. The highest BCUT2D eigenvalue weighted by Gasteiger charge is 2.14. The number of ether oxygens (including phenoxy) is 1. The van der Waals surface area contributed by atoms with E-state index in [1.165, 1.54) is 12.1 Å². The number of hydrogen-bond acceptors (Lipinski definition) is 5. The molecule has 0 radical (unpaired) electrons. The number of nitrogens with zero attached hydrogens (tertiary/aromatic N) is 2. The third-order valence-electron chi connectivity index (χ3n) is 2.62. The molecular formula is C13H12FN3O3. The number of hydrogen-bond donors (Lipinski definition) is 1. The second-order valence-electron chi connectivity index (χ2n) is 4.05. The summed E-state index contributed by atoms with van der Waals surface area (Å²) in [4.78, 5) is 14.2. The molecule has 1 heterocycles. The van der Waals surface area contributed by atoms with E-state index in [9.17, 15) is 14.5 Å². The van der Waals surface area contributed by atoms with Gasteiger partial charge < -0.3 is 10.1 Å². The molecule has 0 saturated carbocycles. The molecule has 0 aliphatic rings. The largest absolute Gasteiger partial charge is 0.436 e. The molecule has 0 fully saturated rings. The quantitative estimate of drug-likeness (QED) is 0.685. The number of rotatable bonds is 4. The number of nitrogens with one attached hydrogen (secondary N) is 1. The van der Waals surface area contributed by atoms with Crippen LogP contribution in [0.15, 0.2) is 30.3 Å². The summed E-state index contributed by atoms with van der Waals surface area (Å²) in [5, 5.41) is 13.5. The number of pyridine rings is 1. The van der Waals surface area contributed by atoms with Crippen molar-refractivity contribution >= 4 is 11.5 Å². The van der Waals surface area contributed by atoms with Crippen LogP contribution < -0.4 is 10.1 Å². The van der Waals surface area contributed by atoms with Crippen molar-refractivity contribution in [2.75, 3.05) is 12.4 Å². The van der Waals surface area contributed by atoms with Crippen LogP contribution in [0.2, 0.25) is 0 Å². The Morgan fingerprint density at radius 3 is 2.80 bits per heavy atom. The number of aromatic nitrogens is 1. The summed E-state index contributed by atoms with van der Waals surface area (Å²) in [6.45, 7) is 1.60. The van der Waals surface area contributed by atoms with Gasteiger partial charge in [0, 0.05) is 7.05 Å². The Morgan fingerprint density at radius 1 is 1.40 bits per heavy atom. The molecule has 0 amide bonds. The summed E-state index contributed by atoms with van der Waals surface area (Å²) < 4.78 is 19.1. The van der Waals surface area contributed by atoms with Crippen LogP contribution in [-0.2, 0) is 0 Å². The summed E-state index contributed by atoms with van der Waals surface area (Å²) in [6, 6.07) is 7.07. The second kappa shape index (κ2) is 5.52. The van der Waals surface area contributed by atoms with Crippen LogP contribution >= 0.6 is 0 Å². The normalized spacial score (nSPS) is 10.2. The molecule has 0 saturated heterocycles. The molecule has 7 heteroatoms. The summed E-state index contributed by atoms with van der Waals surface area (Å²) in [5.41, 5.74) is 0.231. The first-order chi connectivity index (χ1) is 9.51. The monoisotopic (exact) mass is 277 g/mol. The lowest BCUT2D eigenvalue weighted by Gasteiger charge is -2.08. The molecule has 104 valence electrons. The van der Waals surface area contributed by atoms with E-state index < -0.39 is 10.7 Å². The molecular weight excluding hydrogens is 265 g/mol. The molecule has 0 spiro atoms. The summed E-state index contributed by atoms with van der Waals surface area (Å²) >= 11 is 0. The Hall–Kier alpha value is -2.70. The van der Waals surface area contributed by atoms with Crippen molar-refractivity contribution in [1.29, 1.82) is 0 Å². The van der Waals surface area contributed by atoms with Crippen LogP contribution in [0.4, 0.5) is 15.9 Å². The van der Waals surface area contributed by atoms with E-state index >= 15 is 0 Å². The lowest BCUT2D eigenvalue weighted by atomic mass is 10.2. The fraction of sp³-hybridized carbons (Fsp3) is 0.154. The maximum atomic E-state index is 13.8. The standard InChI is InChI=1S/C13H12FN3O3/c1-8-4-3-5-10(13(8)14)20-12-7-9(17(18)19)6-11(15-2)16-12/h3-7H,1-2H3,(H,15,16). The number of benzene rings is 1. The number of anilines is 1. The van der Waals surface area contributed by atoms with Gasteiger partial charge in [0.1, 0.15) is 5.82 Å². The average Bonchev–Trinajstić information content (AvgIpc) is 2.43. The van der Waals surface area contributed by atoms with Gasteiger partial charge >= 0.3 is 0 Å². The Balaban J connectivity index is 2.40. The zero-order valence-corrected chi connectivity index (χ0v) is 10.9. The minimum Gasteiger partial charge on any atom is -0.436 e. The van der Waals surface area contributed by atoms with Crippen molar-refractivity contribution in [1.82, 2.24) is 4.98 Å². The van der Waals surface area contributed by atoms with Gasteiger partial charge in [0.2, 0.25) is 5.88 Å². The van der Waals surface area contributed by atoms with Gasteiger partial charge in [-0.25, -0.2) is 4.39 Å². The van der Waals surface area contributed by atoms with Crippen molar-refractivity contribution in [2.45, 2.75) is 6.92 Å². The Kier molecular flexibility index (Phi) is 3.79. The van der Waals surface area contributed by atoms with Crippen molar-refractivity contribution in [3.05, 3.63) is 51.8 Å². The van der Waals surface area contributed by atoms with Gasteiger partial charge in [-0.1, -0.05) is 12.1 Å². The van der Waals surface area contributed by atoms with E-state index in [1.54, 1.807) is 26.1 Å². The highest BCUT2D eigenvalue weighted by atomic mass is 19.1.